The second-order valence-electron chi connectivity index (χ2n) is 14.2. The number of Topliss-reactive ketones (excluding diaryl/α,β-unsaturated/α-hetero) is 1. The van der Waals surface area contributed by atoms with Crippen molar-refractivity contribution < 1.29 is 28.7 Å². The Labute approximate surface area is 337 Å². The Kier molecular flexibility index (Phi) is 17.5. The van der Waals surface area contributed by atoms with Gasteiger partial charge in [-0.05, 0) is 121 Å². The molecule has 4 rings (SSSR count). The molecular weight excluding hydrogens is 709 g/mol. The number of carbonyl (C=O) groups is 5. The molecule has 1 saturated carbocycles. The highest BCUT2D eigenvalue weighted by Crippen LogP contribution is 2.47. The molecule has 0 saturated heterocycles. The van der Waals surface area contributed by atoms with Gasteiger partial charge < -0.3 is 4.74 Å². The van der Waals surface area contributed by atoms with Crippen molar-refractivity contribution in [3.05, 3.63) is 175 Å². The molecule has 0 aliphatic heterocycles. The van der Waals surface area contributed by atoms with Gasteiger partial charge in [-0.15, -0.1) is 5.73 Å². The Bertz CT molecular complexity index is 2070. The highest BCUT2D eigenvalue weighted by molar-refractivity contribution is 6.28. The number of carbonyl (C=O) groups excluding carboxylic acids is 5. The van der Waals surface area contributed by atoms with Crippen LogP contribution >= 0.6 is 0 Å². The van der Waals surface area contributed by atoms with Crippen molar-refractivity contribution in [3.63, 3.8) is 0 Å². The molecule has 0 spiro atoms. The van der Waals surface area contributed by atoms with E-state index in [-0.39, 0.29) is 23.1 Å². The number of hydrogen-bond donors (Lipinski definition) is 0. The number of rotatable bonds is 25. The lowest BCUT2D eigenvalue weighted by molar-refractivity contribution is -0.115. The van der Waals surface area contributed by atoms with Gasteiger partial charge in [-0.1, -0.05) is 118 Å². The van der Waals surface area contributed by atoms with E-state index in [0.717, 1.165) is 61.6 Å². The van der Waals surface area contributed by atoms with Crippen LogP contribution in [0.3, 0.4) is 0 Å². The fourth-order valence-electron chi connectivity index (χ4n) is 6.41. The first-order chi connectivity index (χ1) is 27.6. The minimum atomic E-state index is -0.536. The fraction of sp³-hybridized carbons (Fsp3) is 0.255. The van der Waals surface area contributed by atoms with Crippen molar-refractivity contribution in [2.45, 2.75) is 70.6 Å². The Morgan fingerprint density at radius 1 is 0.667 bits per heavy atom. The minimum absolute atomic E-state index is 0.0271. The highest BCUT2D eigenvalue weighted by Gasteiger charge is 2.37. The van der Waals surface area contributed by atoms with E-state index in [1.807, 2.05) is 12.2 Å². The van der Waals surface area contributed by atoms with Crippen molar-refractivity contribution in [2.24, 2.45) is 11.8 Å². The number of esters is 1. The van der Waals surface area contributed by atoms with Crippen LogP contribution in [0, 0.1) is 11.8 Å². The zero-order valence-electron chi connectivity index (χ0n) is 32.8. The monoisotopic (exact) mass is 760 g/mol. The van der Waals surface area contributed by atoms with Crippen LogP contribution in [0.2, 0.25) is 0 Å². The average Bonchev–Trinajstić information content (AvgIpc) is 4.01. The summed E-state index contributed by atoms with van der Waals surface area (Å²) in [4.78, 5) is 61.8. The van der Waals surface area contributed by atoms with Gasteiger partial charge in [-0.25, -0.2) is 4.79 Å². The Balaban J connectivity index is 1.15. The number of allylic oxidation sites excluding steroid dienone is 8. The van der Waals surface area contributed by atoms with Crippen molar-refractivity contribution >= 4 is 46.8 Å². The summed E-state index contributed by atoms with van der Waals surface area (Å²) >= 11 is 0. The average molecular weight is 761 g/mol. The van der Waals surface area contributed by atoms with Gasteiger partial charge in [0.05, 0.1) is 5.56 Å². The second-order valence-corrected chi connectivity index (χ2v) is 14.2. The maximum atomic E-state index is 13.2. The smallest absolute Gasteiger partial charge is 0.343 e. The lowest BCUT2D eigenvalue weighted by Gasteiger charge is -2.08. The molecule has 292 valence electrons. The molecule has 0 N–H and O–H groups in total. The fourth-order valence-corrected chi connectivity index (χ4v) is 6.41. The molecule has 0 heterocycles. The van der Waals surface area contributed by atoms with Gasteiger partial charge in [0.2, 0.25) is 0 Å². The number of unbranched alkanes of at least 4 members (excludes halogenated alkanes) is 5. The van der Waals surface area contributed by atoms with Gasteiger partial charge in [-0.3, -0.25) is 19.2 Å². The maximum absolute atomic E-state index is 13.2. The Hall–Kier alpha value is -6.23. The summed E-state index contributed by atoms with van der Waals surface area (Å²) in [5.41, 5.74) is 7.45. The summed E-state index contributed by atoms with van der Waals surface area (Å²) in [5.74, 6) is 0.821. The van der Waals surface area contributed by atoms with Crippen molar-refractivity contribution in [1.29, 1.82) is 0 Å². The molecule has 0 radical (unpaired) electrons. The van der Waals surface area contributed by atoms with Gasteiger partial charge in [0.15, 0.2) is 23.1 Å². The molecule has 1 aliphatic rings. The molecule has 6 nitrogen and oxygen atoms in total. The van der Waals surface area contributed by atoms with E-state index in [1.165, 1.54) is 25.0 Å². The third-order valence-electron chi connectivity index (χ3n) is 9.95. The first kappa shape index (κ1) is 43.5. The van der Waals surface area contributed by atoms with Crippen molar-refractivity contribution in [2.75, 3.05) is 0 Å². The molecule has 0 amide bonds. The predicted molar refractivity (Wildman–Crippen MR) is 231 cm³/mol. The summed E-state index contributed by atoms with van der Waals surface area (Å²) in [5, 5.41) is 0. The summed E-state index contributed by atoms with van der Waals surface area (Å²) in [6.07, 6.45) is 22.8. The van der Waals surface area contributed by atoms with E-state index >= 15 is 0 Å². The zero-order chi connectivity index (χ0) is 41.0. The van der Waals surface area contributed by atoms with Crippen LogP contribution < -0.4 is 4.74 Å². The Morgan fingerprint density at radius 2 is 1.23 bits per heavy atom. The molecule has 57 heavy (non-hydrogen) atoms. The van der Waals surface area contributed by atoms with Crippen LogP contribution in [0.25, 0.3) is 17.7 Å². The second kappa shape index (κ2) is 23.0. The van der Waals surface area contributed by atoms with Crippen molar-refractivity contribution in [1.82, 2.24) is 0 Å². The molecule has 0 aromatic heterocycles. The Morgan fingerprint density at radius 3 is 1.79 bits per heavy atom. The van der Waals surface area contributed by atoms with Crippen LogP contribution in [-0.2, 0) is 14.4 Å². The molecule has 2 atom stereocenters. The number of ketones is 4. The first-order valence-corrected chi connectivity index (χ1v) is 19.6. The topological polar surface area (TPSA) is 94.6 Å². The van der Waals surface area contributed by atoms with Gasteiger partial charge in [0, 0.05) is 24.0 Å². The van der Waals surface area contributed by atoms with E-state index in [0.29, 0.717) is 52.7 Å². The lowest BCUT2D eigenvalue weighted by Crippen LogP contribution is -2.08. The molecule has 2 unspecified atom stereocenters. The standard InChI is InChI=1S/C51H52O6/c1-5-40(6-2)49-36-44(49)16-12-11-15-19-47(54)32-24-38-20-26-42(27-21-38)50(55)37(4)41-30-34-48(35-31-41)57-51(56)43-28-22-39(23-29-43)25-33-46(53)18-14-10-8-9-13-17-45(52)7-3/h5,7,13,17,20-35,44,49H,1-4,8-12,14-16,18-19,36H2/b17-13-,32-24-,33-25-. The van der Waals surface area contributed by atoms with Gasteiger partial charge in [-0.2, -0.15) is 0 Å². The first-order valence-electron chi connectivity index (χ1n) is 19.6. The molecular formula is C51H52O6. The van der Waals surface area contributed by atoms with Gasteiger partial charge >= 0.3 is 5.97 Å². The van der Waals surface area contributed by atoms with Crippen LogP contribution in [0.4, 0.5) is 0 Å². The summed E-state index contributed by atoms with van der Waals surface area (Å²) < 4.78 is 5.54. The third-order valence-corrected chi connectivity index (χ3v) is 9.95. The number of hydrogen-bond acceptors (Lipinski definition) is 6. The minimum Gasteiger partial charge on any atom is -0.423 e. The number of benzene rings is 3. The quantitative estimate of drug-likeness (QED) is 0.0162. The summed E-state index contributed by atoms with van der Waals surface area (Å²) in [7, 11) is 0. The van der Waals surface area contributed by atoms with Crippen molar-refractivity contribution in [3.8, 4) is 5.75 Å². The van der Waals surface area contributed by atoms with Gasteiger partial charge in [0.1, 0.15) is 5.75 Å². The van der Waals surface area contributed by atoms with Gasteiger partial charge in [0.25, 0.3) is 0 Å². The molecule has 0 bridgehead atoms. The molecule has 3 aromatic rings. The van der Waals surface area contributed by atoms with E-state index in [4.69, 9.17) is 4.74 Å². The summed E-state index contributed by atoms with van der Waals surface area (Å²) in [6, 6.07) is 20.4. The zero-order valence-corrected chi connectivity index (χ0v) is 32.8. The van der Waals surface area contributed by atoms with Crippen LogP contribution in [0.15, 0.2) is 147 Å². The van der Waals surface area contributed by atoms with E-state index in [9.17, 15) is 24.0 Å². The van der Waals surface area contributed by atoms with Crippen LogP contribution in [-0.4, -0.2) is 29.1 Å². The van der Waals surface area contributed by atoms with E-state index in [1.54, 1.807) is 97.1 Å². The highest BCUT2D eigenvalue weighted by atomic mass is 16.5. The molecule has 3 aromatic carbocycles. The normalized spacial score (nSPS) is 14.6. The summed E-state index contributed by atoms with van der Waals surface area (Å²) in [6.45, 7) is 15.0. The predicted octanol–water partition coefficient (Wildman–Crippen LogP) is 11.7. The van der Waals surface area contributed by atoms with E-state index < -0.39 is 5.97 Å². The lowest BCUT2D eigenvalue weighted by atomic mass is 9.97. The SMILES string of the molecule is C=C=C(C=C)C1CC1CCCCCC(=O)/C=C\c1ccc(C(=O)C(=C)c2ccc(OC(=O)c3ccc(/C=C\C(=O)CCCCC/C=C\C(=O)C=C)cc3)cc2)cc1. The van der Waals surface area contributed by atoms with E-state index in [2.05, 4.69) is 32.0 Å². The number of ether oxygens (including phenoxy) is 1. The largest absolute Gasteiger partial charge is 0.423 e. The maximum Gasteiger partial charge on any atom is 0.343 e. The van der Waals surface area contributed by atoms with Crippen LogP contribution in [0.1, 0.15) is 108 Å². The molecule has 6 heteroatoms. The molecule has 1 aliphatic carbocycles. The third kappa shape index (κ3) is 14.7. The molecule has 1 fully saturated rings. The van der Waals surface area contributed by atoms with Crippen LogP contribution in [0.5, 0.6) is 5.75 Å².